The first kappa shape index (κ1) is 16.8. The van der Waals surface area contributed by atoms with E-state index in [1.165, 1.54) is 17.1 Å². The molecule has 0 amide bonds. The molecule has 1 saturated carbocycles. The van der Waals surface area contributed by atoms with Gasteiger partial charge in [-0.05, 0) is 39.2 Å². The zero-order valence-electron chi connectivity index (χ0n) is 12.2. The fraction of sp³-hybridized carbons (Fsp3) is 1.00. The van der Waals surface area contributed by atoms with E-state index in [-0.39, 0.29) is 6.04 Å². The van der Waals surface area contributed by atoms with E-state index in [2.05, 4.69) is 10.0 Å². The highest BCUT2D eigenvalue weighted by molar-refractivity contribution is 7.87. The summed E-state index contributed by atoms with van der Waals surface area (Å²) in [5.41, 5.74) is 0. The van der Waals surface area contributed by atoms with Gasteiger partial charge in [-0.3, -0.25) is 0 Å². The lowest BCUT2D eigenvalue weighted by molar-refractivity contribution is 0.187. The first-order valence-corrected chi connectivity index (χ1v) is 8.35. The Bertz CT molecular complexity index is 344. The number of hydrogen-bond donors (Lipinski definition) is 2. The minimum atomic E-state index is -3.38. The van der Waals surface area contributed by atoms with E-state index >= 15 is 0 Å². The van der Waals surface area contributed by atoms with Crippen LogP contribution >= 0.6 is 0 Å². The number of ether oxygens (including phenoxy) is 1. The summed E-state index contributed by atoms with van der Waals surface area (Å²) in [6.45, 7) is 3.81. The molecule has 0 saturated heterocycles. The van der Waals surface area contributed by atoms with Gasteiger partial charge in [0.2, 0.25) is 0 Å². The monoisotopic (exact) mass is 293 g/mol. The molecule has 1 unspecified atom stereocenters. The second kappa shape index (κ2) is 8.16. The lowest BCUT2D eigenvalue weighted by Crippen LogP contribution is -2.43. The molecule has 0 radical (unpaired) electrons. The Morgan fingerprint density at radius 2 is 2.11 bits per heavy atom. The Labute approximate surface area is 117 Å². The summed E-state index contributed by atoms with van der Waals surface area (Å²) in [5, 5.41) is 3.37. The van der Waals surface area contributed by atoms with E-state index in [0.717, 1.165) is 13.0 Å². The molecule has 1 rings (SSSR count). The zero-order chi connectivity index (χ0) is 14.3. The zero-order valence-corrected chi connectivity index (χ0v) is 13.0. The van der Waals surface area contributed by atoms with Gasteiger partial charge in [0.05, 0.1) is 0 Å². The van der Waals surface area contributed by atoms with Gasteiger partial charge < -0.3 is 10.1 Å². The van der Waals surface area contributed by atoms with Crippen LogP contribution in [0.25, 0.3) is 0 Å². The molecule has 1 aliphatic rings. The highest BCUT2D eigenvalue weighted by Gasteiger charge is 2.21. The smallest absolute Gasteiger partial charge is 0.279 e. The van der Waals surface area contributed by atoms with Gasteiger partial charge in [0.25, 0.3) is 10.2 Å². The quantitative estimate of drug-likeness (QED) is 0.538. The molecule has 0 aromatic carbocycles. The van der Waals surface area contributed by atoms with Crippen molar-refractivity contribution in [1.29, 1.82) is 0 Å². The molecule has 1 fully saturated rings. The van der Waals surface area contributed by atoms with Crippen LogP contribution in [0.2, 0.25) is 0 Å². The summed E-state index contributed by atoms with van der Waals surface area (Å²) >= 11 is 0. The molecule has 7 heteroatoms. The molecule has 2 N–H and O–H groups in total. The molecule has 19 heavy (non-hydrogen) atoms. The Morgan fingerprint density at radius 1 is 1.42 bits per heavy atom. The van der Waals surface area contributed by atoms with Crippen LogP contribution in [0.3, 0.4) is 0 Å². The van der Waals surface area contributed by atoms with Crippen LogP contribution in [0.4, 0.5) is 0 Å². The second-order valence-electron chi connectivity index (χ2n) is 5.21. The summed E-state index contributed by atoms with van der Waals surface area (Å²) in [6.07, 6.45) is 4.02. The number of hydrogen-bond acceptors (Lipinski definition) is 4. The Balaban J connectivity index is 2.20. The highest BCUT2D eigenvalue weighted by atomic mass is 32.2. The minimum Gasteiger partial charge on any atom is -0.385 e. The Morgan fingerprint density at radius 3 is 2.68 bits per heavy atom. The van der Waals surface area contributed by atoms with Crippen molar-refractivity contribution >= 4 is 10.2 Å². The summed E-state index contributed by atoms with van der Waals surface area (Å²) < 4.78 is 33.0. The first-order chi connectivity index (χ1) is 8.95. The average molecular weight is 293 g/mol. The number of nitrogens with one attached hydrogen (secondary N) is 2. The van der Waals surface area contributed by atoms with Gasteiger partial charge in [0.1, 0.15) is 0 Å². The van der Waals surface area contributed by atoms with Crippen LogP contribution in [-0.2, 0) is 14.9 Å². The maximum Gasteiger partial charge on any atom is 0.279 e. The Kier molecular flexibility index (Phi) is 7.23. The van der Waals surface area contributed by atoms with Crippen LogP contribution in [0.5, 0.6) is 0 Å². The molecule has 1 aliphatic carbocycles. The maximum atomic E-state index is 12.0. The van der Waals surface area contributed by atoms with Crippen LogP contribution in [0.1, 0.15) is 32.6 Å². The van der Waals surface area contributed by atoms with Crippen molar-refractivity contribution in [3.63, 3.8) is 0 Å². The fourth-order valence-corrected chi connectivity index (χ4v) is 2.89. The summed E-state index contributed by atoms with van der Waals surface area (Å²) in [7, 11) is -0.150. The molecular formula is C12H27N3O3S. The molecule has 0 heterocycles. The van der Waals surface area contributed by atoms with Gasteiger partial charge >= 0.3 is 0 Å². The third kappa shape index (κ3) is 7.22. The molecule has 1 atom stereocenters. The van der Waals surface area contributed by atoms with Crippen molar-refractivity contribution in [1.82, 2.24) is 14.3 Å². The lowest BCUT2D eigenvalue weighted by Gasteiger charge is -2.21. The van der Waals surface area contributed by atoms with Gasteiger partial charge in [-0.2, -0.15) is 17.4 Å². The van der Waals surface area contributed by atoms with Crippen molar-refractivity contribution in [3.05, 3.63) is 0 Å². The van der Waals surface area contributed by atoms with E-state index in [1.54, 1.807) is 14.2 Å². The van der Waals surface area contributed by atoms with Crippen molar-refractivity contribution < 1.29 is 13.2 Å². The van der Waals surface area contributed by atoms with E-state index in [1.807, 2.05) is 6.92 Å². The molecule has 6 nitrogen and oxygen atoms in total. The molecule has 0 aromatic rings. The largest absolute Gasteiger partial charge is 0.385 e. The van der Waals surface area contributed by atoms with E-state index in [0.29, 0.717) is 25.6 Å². The van der Waals surface area contributed by atoms with Gasteiger partial charge in [0, 0.05) is 39.4 Å². The molecule has 0 bridgehead atoms. The SMILES string of the molecule is COCCC(C)NS(=O)(=O)N(C)CCCNC1CC1. The highest BCUT2D eigenvalue weighted by Crippen LogP contribution is 2.18. The minimum absolute atomic E-state index is 0.114. The Hall–Kier alpha value is -0.210. The summed E-state index contributed by atoms with van der Waals surface area (Å²) in [6, 6.07) is 0.561. The summed E-state index contributed by atoms with van der Waals surface area (Å²) in [5.74, 6) is 0. The van der Waals surface area contributed by atoms with Crippen molar-refractivity contribution in [2.45, 2.75) is 44.7 Å². The molecule has 0 spiro atoms. The maximum absolute atomic E-state index is 12.0. The standard InChI is InChI=1S/C12H27N3O3S/c1-11(7-10-18-3)14-19(16,17)15(2)9-4-8-13-12-5-6-12/h11-14H,4-10H2,1-3H3. The second-order valence-corrected chi connectivity index (χ2v) is 7.02. The van der Waals surface area contributed by atoms with Gasteiger partial charge in [-0.25, -0.2) is 0 Å². The van der Waals surface area contributed by atoms with Crippen molar-refractivity contribution in [2.24, 2.45) is 0 Å². The molecular weight excluding hydrogens is 266 g/mol. The predicted octanol–water partition coefficient (Wildman–Crippen LogP) is 0.320. The van der Waals surface area contributed by atoms with E-state index in [4.69, 9.17) is 4.74 Å². The fourth-order valence-electron chi connectivity index (χ4n) is 1.71. The lowest BCUT2D eigenvalue weighted by atomic mass is 10.3. The molecule has 114 valence electrons. The topological polar surface area (TPSA) is 70.7 Å². The van der Waals surface area contributed by atoms with Gasteiger partial charge in [-0.15, -0.1) is 0 Å². The normalized spacial score (nSPS) is 17.9. The summed E-state index contributed by atoms with van der Waals surface area (Å²) in [4.78, 5) is 0. The molecule has 0 aromatic heterocycles. The average Bonchev–Trinajstić information content (AvgIpc) is 3.15. The van der Waals surface area contributed by atoms with E-state index < -0.39 is 10.2 Å². The van der Waals surface area contributed by atoms with Crippen molar-refractivity contribution in [3.8, 4) is 0 Å². The predicted molar refractivity (Wildman–Crippen MR) is 76.3 cm³/mol. The third-order valence-corrected chi connectivity index (χ3v) is 4.88. The molecule has 0 aliphatic heterocycles. The first-order valence-electron chi connectivity index (χ1n) is 6.91. The van der Waals surface area contributed by atoms with Crippen LogP contribution in [0, 0.1) is 0 Å². The van der Waals surface area contributed by atoms with E-state index in [9.17, 15) is 8.42 Å². The number of nitrogens with zero attached hydrogens (tertiary/aromatic N) is 1. The van der Waals surface area contributed by atoms with Crippen molar-refractivity contribution in [2.75, 3.05) is 33.9 Å². The van der Waals surface area contributed by atoms with Crippen LogP contribution < -0.4 is 10.0 Å². The van der Waals surface area contributed by atoms with Gasteiger partial charge in [-0.1, -0.05) is 0 Å². The third-order valence-electron chi connectivity index (χ3n) is 3.18. The van der Waals surface area contributed by atoms with Crippen LogP contribution in [-0.4, -0.2) is 58.7 Å². The number of methoxy groups -OCH3 is 1. The van der Waals surface area contributed by atoms with Gasteiger partial charge in [0.15, 0.2) is 0 Å². The number of rotatable bonds is 11. The van der Waals surface area contributed by atoms with Crippen LogP contribution in [0.15, 0.2) is 0 Å².